The fourth-order valence-corrected chi connectivity index (χ4v) is 2.58. The molecule has 0 fully saturated rings. The molecule has 0 unspecified atom stereocenters. The summed E-state index contributed by atoms with van der Waals surface area (Å²) in [5, 5.41) is 2.86. The first-order chi connectivity index (χ1) is 11.8. The van der Waals surface area contributed by atoms with E-state index in [0.717, 1.165) is 16.7 Å². The van der Waals surface area contributed by atoms with Gasteiger partial charge in [-0.25, -0.2) is 4.79 Å². The van der Waals surface area contributed by atoms with Crippen molar-refractivity contribution in [2.45, 2.75) is 40.7 Å². The van der Waals surface area contributed by atoms with E-state index in [9.17, 15) is 9.59 Å². The highest BCUT2D eigenvalue weighted by molar-refractivity contribution is 5.93. The highest BCUT2D eigenvalue weighted by atomic mass is 16.5. The molecular formula is C21H25NO3. The maximum absolute atomic E-state index is 12.2. The zero-order valence-corrected chi connectivity index (χ0v) is 15.5. The van der Waals surface area contributed by atoms with Gasteiger partial charge in [0.1, 0.15) is 0 Å². The van der Waals surface area contributed by atoms with E-state index in [1.165, 1.54) is 11.1 Å². The Morgan fingerprint density at radius 3 is 2.40 bits per heavy atom. The van der Waals surface area contributed by atoms with Gasteiger partial charge in [-0.2, -0.15) is 0 Å². The Kier molecular flexibility index (Phi) is 5.97. The maximum Gasteiger partial charge on any atom is 0.338 e. The number of hydrogen-bond acceptors (Lipinski definition) is 3. The molecule has 0 aromatic heterocycles. The molecule has 2 aromatic rings. The van der Waals surface area contributed by atoms with Crippen molar-refractivity contribution in [3.8, 4) is 0 Å². The van der Waals surface area contributed by atoms with Crippen LogP contribution in [-0.2, 0) is 9.53 Å². The molecule has 4 heteroatoms. The molecular weight excluding hydrogens is 314 g/mol. The second-order valence-corrected chi connectivity index (χ2v) is 6.46. The van der Waals surface area contributed by atoms with E-state index in [4.69, 9.17) is 4.74 Å². The molecule has 0 heterocycles. The van der Waals surface area contributed by atoms with Crippen LogP contribution >= 0.6 is 0 Å². The molecule has 0 bridgehead atoms. The normalized spacial score (nSPS) is 11.7. The minimum atomic E-state index is -0.477. The zero-order valence-electron chi connectivity index (χ0n) is 15.5. The van der Waals surface area contributed by atoms with Gasteiger partial charge >= 0.3 is 5.97 Å². The summed E-state index contributed by atoms with van der Waals surface area (Å²) in [7, 11) is 0. The van der Waals surface area contributed by atoms with Crippen molar-refractivity contribution in [1.82, 2.24) is 5.32 Å². The molecule has 132 valence electrons. The Morgan fingerprint density at radius 2 is 1.72 bits per heavy atom. The van der Waals surface area contributed by atoms with Crippen molar-refractivity contribution in [1.29, 1.82) is 0 Å². The van der Waals surface area contributed by atoms with Crippen molar-refractivity contribution >= 4 is 11.9 Å². The number of aryl methyl sites for hydroxylation is 3. The van der Waals surface area contributed by atoms with E-state index < -0.39 is 5.97 Å². The molecule has 0 radical (unpaired) electrons. The first-order valence-electron chi connectivity index (χ1n) is 8.39. The van der Waals surface area contributed by atoms with Crippen LogP contribution in [-0.4, -0.2) is 18.5 Å². The Labute approximate surface area is 149 Å². The van der Waals surface area contributed by atoms with E-state index >= 15 is 0 Å². The van der Waals surface area contributed by atoms with Crippen LogP contribution in [0.3, 0.4) is 0 Å². The Bertz CT molecular complexity index is 796. The highest BCUT2D eigenvalue weighted by Crippen LogP contribution is 2.17. The average Bonchev–Trinajstić information content (AvgIpc) is 2.57. The van der Waals surface area contributed by atoms with Crippen LogP contribution in [0.2, 0.25) is 0 Å². The van der Waals surface area contributed by atoms with Gasteiger partial charge in [0.05, 0.1) is 11.6 Å². The van der Waals surface area contributed by atoms with Crippen LogP contribution in [0.4, 0.5) is 0 Å². The number of carbonyl (C=O) groups is 2. The summed E-state index contributed by atoms with van der Waals surface area (Å²) >= 11 is 0. The smallest absolute Gasteiger partial charge is 0.338 e. The van der Waals surface area contributed by atoms with E-state index in [0.29, 0.717) is 5.56 Å². The number of amides is 1. The number of nitrogens with one attached hydrogen (secondary N) is 1. The fraction of sp³-hybridized carbons (Fsp3) is 0.333. The molecule has 0 saturated carbocycles. The van der Waals surface area contributed by atoms with E-state index in [-0.39, 0.29) is 18.6 Å². The van der Waals surface area contributed by atoms with Crippen molar-refractivity contribution in [3.63, 3.8) is 0 Å². The zero-order chi connectivity index (χ0) is 18.6. The van der Waals surface area contributed by atoms with Gasteiger partial charge in [0, 0.05) is 0 Å². The summed E-state index contributed by atoms with van der Waals surface area (Å²) in [6.45, 7) is 9.52. The van der Waals surface area contributed by atoms with Crippen LogP contribution in [0, 0.1) is 27.7 Å². The second-order valence-electron chi connectivity index (χ2n) is 6.46. The lowest BCUT2D eigenvalue weighted by atomic mass is 10.0. The minimum absolute atomic E-state index is 0.147. The average molecular weight is 339 g/mol. The number of hydrogen-bond donors (Lipinski definition) is 1. The Balaban J connectivity index is 1.92. The van der Waals surface area contributed by atoms with Crippen molar-refractivity contribution in [2.75, 3.05) is 6.61 Å². The number of esters is 1. The molecule has 4 nitrogen and oxygen atoms in total. The quantitative estimate of drug-likeness (QED) is 0.839. The summed E-state index contributed by atoms with van der Waals surface area (Å²) in [4.78, 5) is 24.2. The van der Waals surface area contributed by atoms with Crippen LogP contribution in [0.15, 0.2) is 36.4 Å². The van der Waals surface area contributed by atoms with Gasteiger partial charge in [-0.05, 0) is 68.5 Å². The predicted molar refractivity (Wildman–Crippen MR) is 98.7 cm³/mol. The molecule has 0 spiro atoms. The molecule has 1 amide bonds. The lowest BCUT2D eigenvalue weighted by Crippen LogP contribution is -2.31. The summed E-state index contributed by atoms with van der Waals surface area (Å²) in [6, 6.07) is 11.4. The number of rotatable bonds is 5. The maximum atomic E-state index is 12.2. The molecule has 2 rings (SSSR count). The molecule has 0 aliphatic carbocycles. The Hall–Kier alpha value is -2.62. The third-order valence-corrected chi connectivity index (χ3v) is 4.57. The van der Waals surface area contributed by atoms with Crippen LogP contribution < -0.4 is 5.32 Å². The van der Waals surface area contributed by atoms with Crippen molar-refractivity contribution in [3.05, 3.63) is 69.8 Å². The first-order valence-corrected chi connectivity index (χ1v) is 8.39. The van der Waals surface area contributed by atoms with E-state index in [2.05, 4.69) is 18.3 Å². The van der Waals surface area contributed by atoms with Gasteiger partial charge in [0.25, 0.3) is 5.91 Å². The minimum Gasteiger partial charge on any atom is -0.452 e. The topological polar surface area (TPSA) is 55.4 Å². The van der Waals surface area contributed by atoms with Crippen LogP contribution in [0.5, 0.6) is 0 Å². The summed E-state index contributed by atoms with van der Waals surface area (Å²) in [5.74, 6) is -0.792. The number of benzene rings is 2. The fourth-order valence-electron chi connectivity index (χ4n) is 2.58. The molecule has 0 aliphatic heterocycles. The van der Waals surface area contributed by atoms with E-state index in [1.807, 2.05) is 45.9 Å². The SMILES string of the molecule is Cc1ccc([C@H](C)NC(=O)COC(=O)c2cccc(C)c2C)cc1C. The molecule has 2 aromatic carbocycles. The lowest BCUT2D eigenvalue weighted by molar-refractivity contribution is -0.124. The number of carbonyl (C=O) groups excluding carboxylic acids is 2. The van der Waals surface area contributed by atoms with Crippen LogP contribution in [0.1, 0.15) is 51.1 Å². The molecule has 1 atom stereocenters. The summed E-state index contributed by atoms with van der Waals surface area (Å²) in [5.41, 5.74) is 5.80. The largest absolute Gasteiger partial charge is 0.452 e. The van der Waals surface area contributed by atoms with Gasteiger partial charge in [-0.3, -0.25) is 4.79 Å². The predicted octanol–water partition coefficient (Wildman–Crippen LogP) is 3.95. The third kappa shape index (κ3) is 4.69. The second kappa shape index (κ2) is 7.97. The third-order valence-electron chi connectivity index (χ3n) is 4.57. The van der Waals surface area contributed by atoms with Gasteiger partial charge in [-0.15, -0.1) is 0 Å². The molecule has 0 aliphatic rings. The van der Waals surface area contributed by atoms with Gasteiger partial charge in [0.15, 0.2) is 6.61 Å². The van der Waals surface area contributed by atoms with Crippen molar-refractivity contribution in [2.24, 2.45) is 0 Å². The summed E-state index contributed by atoms with van der Waals surface area (Å²) < 4.78 is 5.15. The van der Waals surface area contributed by atoms with Gasteiger partial charge in [-0.1, -0.05) is 30.3 Å². The Morgan fingerprint density at radius 1 is 1.00 bits per heavy atom. The van der Waals surface area contributed by atoms with Crippen LogP contribution in [0.25, 0.3) is 0 Å². The number of ether oxygens (including phenoxy) is 1. The van der Waals surface area contributed by atoms with E-state index in [1.54, 1.807) is 12.1 Å². The standard InChI is InChI=1S/C21H25NO3/c1-13-9-10-18(11-15(13)3)17(5)22-20(23)12-25-21(24)19-8-6-7-14(2)16(19)4/h6-11,17H,12H2,1-5H3,(H,22,23)/t17-/m0/s1. The molecule has 25 heavy (non-hydrogen) atoms. The van der Waals surface area contributed by atoms with Crippen molar-refractivity contribution < 1.29 is 14.3 Å². The monoisotopic (exact) mass is 339 g/mol. The van der Waals surface area contributed by atoms with Gasteiger partial charge in [0.2, 0.25) is 0 Å². The lowest BCUT2D eigenvalue weighted by Gasteiger charge is -2.16. The first kappa shape index (κ1) is 18.7. The highest BCUT2D eigenvalue weighted by Gasteiger charge is 2.15. The summed E-state index contributed by atoms with van der Waals surface area (Å²) in [6.07, 6.45) is 0. The molecule has 0 saturated heterocycles. The molecule has 1 N–H and O–H groups in total. The van der Waals surface area contributed by atoms with Gasteiger partial charge < -0.3 is 10.1 Å².